The van der Waals surface area contributed by atoms with E-state index in [9.17, 15) is 0 Å². The molecule has 0 aliphatic heterocycles. The van der Waals surface area contributed by atoms with Crippen LogP contribution < -0.4 is 11.3 Å². The van der Waals surface area contributed by atoms with Crippen LogP contribution in [0, 0.1) is 0 Å². The van der Waals surface area contributed by atoms with E-state index in [1.165, 1.54) is 0 Å². The lowest BCUT2D eigenvalue weighted by Crippen LogP contribution is -2.11. The zero-order valence-corrected chi connectivity index (χ0v) is 6.78. The van der Waals surface area contributed by atoms with Crippen LogP contribution in [-0.4, -0.2) is 14.6 Å². The lowest BCUT2D eigenvalue weighted by atomic mass is 10.5. The first-order valence-electron chi connectivity index (χ1n) is 3.28. The summed E-state index contributed by atoms with van der Waals surface area (Å²) >= 11 is 5.71. The van der Waals surface area contributed by atoms with Crippen LogP contribution in [0.4, 0.5) is 5.82 Å². The van der Waals surface area contributed by atoms with E-state index < -0.39 is 0 Å². The summed E-state index contributed by atoms with van der Waals surface area (Å²) in [5.41, 5.74) is 3.14. The minimum atomic E-state index is 0.385. The van der Waals surface area contributed by atoms with Crippen LogP contribution in [-0.2, 0) is 0 Å². The molecule has 0 amide bonds. The van der Waals surface area contributed by atoms with Gasteiger partial charge in [-0.3, -0.25) is 0 Å². The average Bonchev–Trinajstić information content (AvgIpc) is 2.50. The van der Waals surface area contributed by atoms with E-state index in [1.807, 2.05) is 0 Å². The molecule has 0 unspecified atom stereocenters. The first kappa shape index (κ1) is 7.33. The molecule has 2 rings (SSSR count). The van der Waals surface area contributed by atoms with Crippen molar-refractivity contribution >= 4 is 23.1 Å². The maximum Gasteiger partial charge on any atom is 0.159 e. The molecule has 0 fully saturated rings. The van der Waals surface area contributed by atoms with Gasteiger partial charge in [0.25, 0.3) is 0 Å². The molecule has 12 heavy (non-hydrogen) atoms. The third-order valence-corrected chi connectivity index (χ3v) is 1.67. The topological polar surface area (TPSA) is 68.2 Å². The number of hydrogen-bond acceptors (Lipinski definition) is 4. The summed E-state index contributed by atoms with van der Waals surface area (Å²) in [7, 11) is 0. The normalized spacial score (nSPS) is 10.5. The maximum atomic E-state index is 5.71. The number of fused-ring (bicyclic) bond motifs is 1. The molecule has 5 nitrogen and oxygen atoms in total. The Balaban J connectivity index is 2.80. The molecule has 2 heterocycles. The van der Waals surface area contributed by atoms with Crippen LogP contribution in [0.2, 0.25) is 5.15 Å². The largest absolute Gasteiger partial charge is 0.308 e. The molecule has 0 spiro atoms. The standard InChI is InChI=1S/C6H6ClN5/c7-4-3-6(11-8)12-5(10-4)1-2-9-12/h1-3,11H,8H2. The number of nitrogens with zero attached hydrogens (tertiary/aromatic N) is 3. The Kier molecular flexibility index (Phi) is 1.60. The minimum absolute atomic E-state index is 0.385. The molecule has 0 radical (unpaired) electrons. The third-order valence-electron chi connectivity index (χ3n) is 1.48. The van der Waals surface area contributed by atoms with Crippen molar-refractivity contribution in [3.05, 3.63) is 23.5 Å². The Hall–Kier alpha value is -1.33. The van der Waals surface area contributed by atoms with Gasteiger partial charge >= 0.3 is 0 Å². The van der Waals surface area contributed by atoms with Crippen LogP contribution in [0.15, 0.2) is 18.3 Å². The van der Waals surface area contributed by atoms with Gasteiger partial charge in [-0.1, -0.05) is 11.6 Å². The van der Waals surface area contributed by atoms with Crippen molar-refractivity contribution in [1.82, 2.24) is 14.6 Å². The molecule has 0 aromatic carbocycles. The van der Waals surface area contributed by atoms with Gasteiger partial charge in [0.1, 0.15) is 11.0 Å². The van der Waals surface area contributed by atoms with Gasteiger partial charge in [-0.25, -0.2) is 10.8 Å². The van der Waals surface area contributed by atoms with E-state index in [1.54, 1.807) is 22.8 Å². The fraction of sp³-hybridized carbons (Fsp3) is 0. The highest BCUT2D eigenvalue weighted by Gasteiger charge is 2.02. The van der Waals surface area contributed by atoms with Crippen molar-refractivity contribution < 1.29 is 0 Å². The lowest BCUT2D eigenvalue weighted by molar-refractivity contribution is 0.936. The van der Waals surface area contributed by atoms with Gasteiger partial charge in [-0.05, 0) is 0 Å². The SMILES string of the molecule is NNc1cc(Cl)nc2ccnn12. The minimum Gasteiger partial charge on any atom is -0.308 e. The number of nitrogens with two attached hydrogens (primary N) is 1. The second kappa shape index (κ2) is 2.62. The van der Waals surface area contributed by atoms with E-state index in [4.69, 9.17) is 17.4 Å². The Morgan fingerprint density at radius 2 is 2.42 bits per heavy atom. The number of aromatic nitrogens is 3. The number of nitrogens with one attached hydrogen (secondary N) is 1. The first-order valence-corrected chi connectivity index (χ1v) is 3.66. The molecule has 0 saturated heterocycles. The molecular weight excluding hydrogens is 178 g/mol. The Bertz CT molecular complexity index is 409. The van der Waals surface area contributed by atoms with Crippen molar-refractivity contribution in [3.63, 3.8) is 0 Å². The van der Waals surface area contributed by atoms with Crippen LogP contribution in [0.3, 0.4) is 0 Å². The predicted molar refractivity (Wildman–Crippen MR) is 45.8 cm³/mol. The highest BCUT2D eigenvalue weighted by molar-refractivity contribution is 6.29. The summed E-state index contributed by atoms with van der Waals surface area (Å²) in [5, 5.41) is 4.37. The van der Waals surface area contributed by atoms with Crippen molar-refractivity contribution in [3.8, 4) is 0 Å². The molecule has 3 N–H and O–H groups in total. The second-order valence-electron chi connectivity index (χ2n) is 2.21. The first-order chi connectivity index (χ1) is 5.81. The Morgan fingerprint density at radius 1 is 1.58 bits per heavy atom. The highest BCUT2D eigenvalue weighted by atomic mass is 35.5. The summed E-state index contributed by atoms with van der Waals surface area (Å²) in [6.45, 7) is 0. The van der Waals surface area contributed by atoms with Crippen LogP contribution in [0.1, 0.15) is 0 Å². The number of halogens is 1. The van der Waals surface area contributed by atoms with E-state index in [0.29, 0.717) is 16.6 Å². The maximum absolute atomic E-state index is 5.71. The van der Waals surface area contributed by atoms with Crippen molar-refractivity contribution in [2.24, 2.45) is 5.84 Å². The summed E-state index contributed by atoms with van der Waals surface area (Å²) < 4.78 is 1.56. The van der Waals surface area contributed by atoms with Gasteiger partial charge in [-0.2, -0.15) is 9.61 Å². The zero-order chi connectivity index (χ0) is 8.55. The van der Waals surface area contributed by atoms with Gasteiger partial charge in [-0.15, -0.1) is 0 Å². The zero-order valence-electron chi connectivity index (χ0n) is 6.03. The quantitative estimate of drug-likeness (QED) is 0.387. The van der Waals surface area contributed by atoms with Crippen LogP contribution in [0.5, 0.6) is 0 Å². The van der Waals surface area contributed by atoms with Crippen molar-refractivity contribution in [2.45, 2.75) is 0 Å². The molecule has 6 heteroatoms. The number of nitrogen functional groups attached to an aromatic ring is 1. The summed E-state index contributed by atoms with van der Waals surface area (Å²) in [5.74, 6) is 5.85. The van der Waals surface area contributed by atoms with E-state index >= 15 is 0 Å². The van der Waals surface area contributed by atoms with Gasteiger partial charge in [0.2, 0.25) is 0 Å². The monoisotopic (exact) mass is 183 g/mol. The van der Waals surface area contributed by atoms with Gasteiger partial charge in [0.15, 0.2) is 5.65 Å². The number of anilines is 1. The van der Waals surface area contributed by atoms with Crippen molar-refractivity contribution in [1.29, 1.82) is 0 Å². The smallest absolute Gasteiger partial charge is 0.159 e. The summed E-state index contributed by atoms with van der Waals surface area (Å²) in [6, 6.07) is 3.34. The van der Waals surface area contributed by atoms with Crippen LogP contribution in [0.25, 0.3) is 5.65 Å². The van der Waals surface area contributed by atoms with E-state index in [2.05, 4.69) is 15.5 Å². The molecular formula is C6H6ClN5. The molecule has 0 aliphatic carbocycles. The highest BCUT2D eigenvalue weighted by Crippen LogP contribution is 2.14. The molecule has 2 aromatic rings. The van der Waals surface area contributed by atoms with E-state index in [-0.39, 0.29) is 0 Å². The van der Waals surface area contributed by atoms with Crippen molar-refractivity contribution in [2.75, 3.05) is 5.43 Å². The average molecular weight is 184 g/mol. The number of hydrazine groups is 1. The Labute approximate surface area is 73.1 Å². The third kappa shape index (κ3) is 0.992. The summed E-state index contributed by atoms with van der Waals surface area (Å²) in [6.07, 6.45) is 1.62. The molecule has 62 valence electrons. The molecule has 0 saturated carbocycles. The number of hydrogen-bond donors (Lipinski definition) is 2. The lowest BCUT2D eigenvalue weighted by Gasteiger charge is -2.02. The summed E-state index contributed by atoms with van der Waals surface area (Å²) in [4.78, 5) is 4.01. The fourth-order valence-corrected chi connectivity index (χ4v) is 1.18. The van der Waals surface area contributed by atoms with Crippen LogP contribution >= 0.6 is 11.6 Å². The molecule has 0 atom stereocenters. The predicted octanol–water partition coefficient (Wildman–Crippen LogP) is 0.668. The Morgan fingerprint density at radius 3 is 3.17 bits per heavy atom. The second-order valence-corrected chi connectivity index (χ2v) is 2.60. The van der Waals surface area contributed by atoms with Gasteiger partial charge in [0, 0.05) is 12.1 Å². The van der Waals surface area contributed by atoms with E-state index in [0.717, 1.165) is 0 Å². The number of rotatable bonds is 1. The molecule has 0 bridgehead atoms. The molecule has 2 aromatic heterocycles. The fourth-order valence-electron chi connectivity index (χ4n) is 0.985. The molecule has 0 aliphatic rings. The van der Waals surface area contributed by atoms with Gasteiger partial charge in [0.05, 0.1) is 6.20 Å². The van der Waals surface area contributed by atoms with Gasteiger partial charge < -0.3 is 5.43 Å².